The van der Waals surface area contributed by atoms with Gasteiger partial charge in [-0.3, -0.25) is 10.2 Å². The lowest BCUT2D eigenvalue weighted by molar-refractivity contribution is -0.122. The molecule has 0 spiro atoms. The minimum atomic E-state index is -0.192. The second-order valence-electron chi connectivity index (χ2n) is 3.43. The average Bonchev–Trinajstić information content (AvgIpc) is 2.49. The number of rotatable bonds is 1. The summed E-state index contributed by atoms with van der Waals surface area (Å²) in [5.41, 5.74) is 8.12. The van der Waals surface area contributed by atoms with E-state index in [4.69, 9.17) is 5.73 Å². The lowest BCUT2D eigenvalue weighted by Gasteiger charge is -2.26. The summed E-state index contributed by atoms with van der Waals surface area (Å²) in [5, 5.41) is 7.76. The van der Waals surface area contributed by atoms with E-state index in [9.17, 15) is 4.79 Å². The van der Waals surface area contributed by atoms with Crippen LogP contribution < -0.4 is 11.2 Å². The van der Waals surface area contributed by atoms with Gasteiger partial charge >= 0.3 is 0 Å². The third kappa shape index (κ3) is 1.15. The first-order valence-corrected chi connectivity index (χ1v) is 4.22. The Bertz CT molecular complexity index is 227. The summed E-state index contributed by atoms with van der Waals surface area (Å²) in [6, 6.07) is 0.525. The van der Waals surface area contributed by atoms with E-state index in [2.05, 4.69) is 15.8 Å². The molecule has 5 nitrogen and oxygen atoms in total. The lowest BCUT2D eigenvalue weighted by Crippen LogP contribution is -2.41. The van der Waals surface area contributed by atoms with Gasteiger partial charge in [0.25, 0.3) is 0 Å². The van der Waals surface area contributed by atoms with Crippen LogP contribution in [0.25, 0.3) is 0 Å². The predicted molar refractivity (Wildman–Crippen MR) is 42.1 cm³/mol. The average molecular weight is 168 g/mol. The maximum absolute atomic E-state index is 10.9. The zero-order chi connectivity index (χ0) is 8.55. The Labute approximate surface area is 70.4 Å². The van der Waals surface area contributed by atoms with Crippen LogP contribution in [-0.4, -0.2) is 18.0 Å². The zero-order valence-corrected chi connectivity index (χ0v) is 6.73. The van der Waals surface area contributed by atoms with Gasteiger partial charge in [0, 0.05) is 5.92 Å². The number of nitrogens with one attached hydrogen (secondary N) is 1. The van der Waals surface area contributed by atoms with Crippen LogP contribution in [0.3, 0.4) is 0 Å². The predicted octanol–water partition coefficient (Wildman–Crippen LogP) is -0.0206. The van der Waals surface area contributed by atoms with Crippen LogP contribution in [0.1, 0.15) is 19.3 Å². The van der Waals surface area contributed by atoms with Crippen molar-refractivity contribution in [3.8, 4) is 0 Å². The molecule has 0 radical (unpaired) electrons. The Balaban J connectivity index is 1.99. The van der Waals surface area contributed by atoms with E-state index < -0.39 is 0 Å². The van der Waals surface area contributed by atoms with E-state index >= 15 is 0 Å². The summed E-state index contributed by atoms with van der Waals surface area (Å²) in [7, 11) is 0. The lowest BCUT2D eigenvalue weighted by atomic mass is 9.83. The molecule has 2 rings (SSSR count). The summed E-state index contributed by atoms with van der Waals surface area (Å²) < 4.78 is 0. The second kappa shape index (κ2) is 2.73. The van der Waals surface area contributed by atoms with Crippen molar-refractivity contribution in [3.63, 3.8) is 0 Å². The van der Waals surface area contributed by atoms with E-state index in [0.29, 0.717) is 0 Å². The number of nitrogens with two attached hydrogens (primary N) is 1. The van der Waals surface area contributed by atoms with Crippen molar-refractivity contribution < 1.29 is 4.79 Å². The number of fused-ring (bicyclic) bond motifs is 1. The van der Waals surface area contributed by atoms with Gasteiger partial charge < -0.3 is 5.73 Å². The molecule has 1 saturated carbocycles. The van der Waals surface area contributed by atoms with Gasteiger partial charge in [-0.1, -0.05) is 5.22 Å². The fourth-order valence-electron chi connectivity index (χ4n) is 1.87. The fourth-order valence-corrected chi connectivity index (χ4v) is 1.87. The molecule has 5 heteroatoms. The molecule has 1 aliphatic carbocycles. The van der Waals surface area contributed by atoms with Crippen molar-refractivity contribution >= 4 is 5.91 Å². The van der Waals surface area contributed by atoms with Crippen molar-refractivity contribution in [2.24, 2.45) is 22.0 Å². The maximum atomic E-state index is 10.9. The maximum Gasteiger partial charge on any atom is 0.220 e. The largest absolute Gasteiger partial charge is 0.369 e. The molecule has 3 N–H and O–H groups in total. The Morgan fingerprint density at radius 3 is 3.08 bits per heavy atom. The van der Waals surface area contributed by atoms with Gasteiger partial charge in [-0.15, -0.1) is 0 Å². The summed E-state index contributed by atoms with van der Waals surface area (Å²) in [6.07, 6.45) is 2.57. The quantitative estimate of drug-likeness (QED) is 0.577. The third-order valence-corrected chi connectivity index (χ3v) is 2.65. The van der Waals surface area contributed by atoms with Gasteiger partial charge in [-0.25, -0.2) is 0 Å². The van der Waals surface area contributed by atoms with Gasteiger partial charge in [0.1, 0.15) is 0 Å². The molecule has 1 amide bonds. The monoisotopic (exact) mass is 168 g/mol. The molecule has 0 aromatic heterocycles. The van der Waals surface area contributed by atoms with Crippen molar-refractivity contribution in [1.82, 2.24) is 5.43 Å². The first-order chi connectivity index (χ1) is 5.77. The smallest absolute Gasteiger partial charge is 0.220 e. The highest BCUT2D eigenvalue weighted by Gasteiger charge is 2.35. The second-order valence-corrected chi connectivity index (χ2v) is 3.43. The van der Waals surface area contributed by atoms with Crippen molar-refractivity contribution in [3.05, 3.63) is 0 Å². The summed E-state index contributed by atoms with van der Waals surface area (Å²) in [6.45, 7) is 0. The van der Waals surface area contributed by atoms with Gasteiger partial charge in [0.15, 0.2) is 0 Å². The Hall–Kier alpha value is -1.13. The molecule has 2 aliphatic rings. The van der Waals surface area contributed by atoms with Gasteiger partial charge in [0.2, 0.25) is 5.91 Å². The highest BCUT2D eigenvalue weighted by Crippen LogP contribution is 2.28. The number of nitrogens with zero attached hydrogens (tertiary/aromatic N) is 2. The molecular formula is C7H12N4O. The van der Waals surface area contributed by atoms with E-state index in [0.717, 1.165) is 19.3 Å². The molecule has 1 heterocycles. The van der Waals surface area contributed by atoms with Crippen LogP contribution in [0.4, 0.5) is 0 Å². The number of hydrogen-bond donors (Lipinski definition) is 2. The molecular weight excluding hydrogens is 156 g/mol. The Morgan fingerprint density at radius 1 is 1.50 bits per heavy atom. The van der Waals surface area contributed by atoms with Crippen LogP contribution >= 0.6 is 0 Å². The molecule has 0 aromatic carbocycles. The van der Waals surface area contributed by atoms with Gasteiger partial charge in [-0.2, -0.15) is 5.11 Å². The number of carbonyl (C=O) groups is 1. The standard InChI is InChI=1S/C7H12N4O/c8-7(12)4-1-2-5-6(3-4)10-11-9-5/h4-6H,1-3H2,(H2,8,12)(H,9,10). The normalized spacial score (nSPS) is 38.8. The van der Waals surface area contributed by atoms with E-state index in [1.807, 2.05) is 0 Å². The molecule has 0 bridgehead atoms. The minimum Gasteiger partial charge on any atom is -0.369 e. The van der Waals surface area contributed by atoms with E-state index in [1.165, 1.54) is 0 Å². The number of primary amides is 1. The van der Waals surface area contributed by atoms with Gasteiger partial charge in [-0.05, 0) is 19.3 Å². The van der Waals surface area contributed by atoms with Crippen molar-refractivity contribution in [2.45, 2.75) is 31.3 Å². The Morgan fingerprint density at radius 2 is 2.33 bits per heavy atom. The van der Waals surface area contributed by atoms with Crippen molar-refractivity contribution in [1.29, 1.82) is 0 Å². The fraction of sp³-hybridized carbons (Fsp3) is 0.857. The van der Waals surface area contributed by atoms with Gasteiger partial charge in [0.05, 0.1) is 12.1 Å². The number of carbonyl (C=O) groups excluding carboxylic acids is 1. The molecule has 3 unspecified atom stereocenters. The topological polar surface area (TPSA) is 79.8 Å². The van der Waals surface area contributed by atoms with Crippen LogP contribution in [-0.2, 0) is 4.79 Å². The summed E-state index contributed by atoms with van der Waals surface area (Å²) in [4.78, 5) is 10.9. The van der Waals surface area contributed by atoms with Crippen molar-refractivity contribution in [2.75, 3.05) is 0 Å². The molecule has 1 aliphatic heterocycles. The molecule has 12 heavy (non-hydrogen) atoms. The van der Waals surface area contributed by atoms with Crippen LogP contribution in [0.15, 0.2) is 10.3 Å². The molecule has 0 aromatic rings. The Kier molecular flexibility index (Phi) is 1.71. The number of hydrogen-bond acceptors (Lipinski definition) is 4. The third-order valence-electron chi connectivity index (χ3n) is 2.65. The first-order valence-electron chi connectivity index (χ1n) is 4.22. The van der Waals surface area contributed by atoms with Crippen LogP contribution in [0, 0.1) is 5.92 Å². The minimum absolute atomic E-state index is 0.0160. The SMILES string of the molecule is NC(=O)C1CCC2N=NNC2C1. The molecule has 3 atom stereocenters. The zero-order valence-electron chi connectivity index (χ0n) is 6.73. The summed E-state index contributed by atoms with van der Waals surface area (Å²) >= 11 is 0. The van der Waals surface area contributed by atoms with E-state index in [1.54, 1.807) is 0 Å². The molecule has 0 saturated heterocycles. The van der Waals surface area contributed by atoms with Crippen LogP contribution in [0.5, 0.6) is 0 Å². The molecule has 66 valence electrons. The first kappa shape index (κ1) is 7.52. The highest BCUT2D eigenvalue weighted by atomic mass is 16.1. The summed E-state index contributed by atoms with van der Waals surface area (Å²) in [5.74, 6) is -0.176. The number of amides is 1. The highest BCUT2D eigenvalue weighted by molar-refractivity contribution is 5.76. The van der Waals surface area contributed by atoms with Crippen LogP contribution in [0.2, 0.25) is 0 Å². The van der Waals surface area contributed by atoms with E-state index in [-0.39, 0.29) is 23.9 Å². The molecule has 1 fully saturated rings.